The number of hydrogen-bond donors (Lipinski definition) is 1. The summed E-state index contributed by atoms with van der Waals surface area (Å²) in [6.45, 7) is 4.92. The molecule has 0 fully saturated rings. The Hall–Kier alpha value is -2.49. The minimum absolute atomic E-state index is 0.0722. The molecule has 7 nitrogen and oxygen atoms in total. The number of aryl methyl sites for hydroxylation is 2. The van der Waals surface area contributed by atoms with Gasteiger partial charge in [-0.05, 0) is 43.7 Å². The van der Waals surface area contributed by atoms with Crippen LogP contribution < -0.4 is 5.14 Å². The Morgan fingerprint density at radius 1 is 1.03 bits per heavy atom. The third-order valence-electron chi connectivity index (χ3n) is 4.93. The molecule has 9 heteroatoms. The third-order valence-corrected chi connectivity index (χ3v) is 6.83. The van der Waals surface area contributed by atoms with E-state index in [0.29, 0.717) is 11.3 Å². The first-order valence-corrected chi connectivity index (χ1v) is 12.3. The standard InChI is InChI=1S/C21H23N5O2S2/c1-3-4-11-26-20-10-9-15(30(22,27)28)12-18(20)25-21(26)29-13-19-14(2)23-16-7-5-6-8-17(16)24-19/h5-10,12H,3-4,11,13H2,1-2H3,(H2,22,27,28). The molecule has 2 aromatic carbocycles. The third kappa shape index (κ3) is 4.19. The molecule has 4 aromatic rings. The van der Waals surface area contributed by atoms with Crippen LogP contribution in [0.4, 0.5) is 0 Å². The highest BCUT2D eigenvalue weighted by molar-refractivity contribution is 7.98. The largest absolute Gasteiger partial charge is 0.319 e. The zero-order valence-electron chi connectivity index (χ0n) is 16.9. The number of aromatic nitrogens is 4. The molecule has 30 heavy (non-hydrogen) atoms. The van der Waals surface area contributed by atoms with Crippen molar-refractivity contribution in [1.82, 2.24) is 19.5 Å². The number of unbranched alkanes of at least 4 members (excludes halogenated alkanes) is 1. The molecule has 0 aliphatic rings. The Morgan fingerprint density at radius 2 is 1.77 bits per heavy atom. The van der Waals surface area contributed by atoms with E-state index in [2.05, 4.69) is 16.5 Å². The Morgan fingerprint density at radius 3 is 2.47 bits per heavy atom. The summed E-state index contributed by atoms with van der Waals surface area (Å²) in [5, 5.41) is 6.12. The van der Waals surface area contributed by atoms with Gasteiger partial charge in [0.05, 0.1) is 38.4 Å². The van der Waals surface area contributed by atoms with Crippen LogP contribution in [0.3, 0.4) is 0 Å². The second kappa shape index (κ2) is 8.33. The van der Waals surface area contributed by atoms with Gasteiger partial charge in [-0.25, -0.2) is 28.5 Å². The first kappa shape index (κ1) is 20.8. The normalized spacial score (nSPS) is 12.1. The van der Waals surface area contributed by atoms with Gasteiger partial charge in [-0.1, -0.05) is 37.2 Å². The van der Waals surface area contributed by atoms with Gasteiger partial charge in [0.2, 0.25) is 10.0 Å². The van der Waals surface area contributed by atoms with Crippen molar-refractivity contribution in [1.29, 1.82) is 0 Å². The summed E-state index contributed by atoms with van der Waals surface area (Å²) in [6, 6.07) is 12.7. The van der Waals surface area contributed by atoms with Gasteiger partial charge in [-0.15, -0.1) is 0 Å². The smallest absolute Gasteiger partial charge is 0.238 e. The maximum absolute atomic E-state index is 11.7. The predicted molar refractivity (Wildman–Crippen MR) is 120 cm³/mol. The quantitative estimate of drug-likeness (QED) is 0.434. The molecule has 0 unspecified atom stereocenters. The molecule has 0 radical (unpaired) electrons. The molecule has 4 rings (SSSR count). The van der Waals surface area contributed by atoms with E-state index in [1.165, 1.54) is 12.1 Å². The number of sulfonamides is 1. The van der Waals surface area contributed by atoms with Crippen molar-refractivity contribution in [3.8, 4) is 0 Å². The number of nitrogens with zero attached hydrogens (tertiary/aromatic N) is 4. The number of primary sulfonamides is 1. The van der Waals surface area contributed by atoms with Crippen molar-refractivity contribution >= 4 is 43.9 Å². The Labute approximate surface area is 179 Å². The second-order valence-corrected chi connectivity index (χ2v) is 9.63. The van der Waals surface area contributed by atoms with Crippen LogP contribution in [-0.4, -0.2) is 27.9 Å². The molecule has 0 bridgehead atoms. The molecule has 0 atom stereocenters. The predicted octanol–water partition coefficient (Wildman–Crippen LogP) is 4.03. The van der Waals surface area contributed by atoms with Crippen LogP contribution in [0.15, 0.2) is 52.5 Å². The summed E-state index contributed by atoms with van der Waals surface area (Å²) >= 11 is 1.58. The number of fused-ring (bicyclic) bond motifs is 2. The fourth-order valence-corrected chi connectivity index (χ4v) is 4.88. The highest BCUT2D eigenvalue weighted by Crippen LogP contribution is 2.29. The molecule has 0 saturated carbocycles. The van der Waals surface area contributed by atoms with E-state index in [4.69, 9.17) is 15.1 Å². The highest BCUT2D eigenvalue weighted by Gasteiger charge is 2.16. The summed E-state index contributed by atoms with van der Waals surface area (Å²) < 4.78 is 25.6. The molecule has 0 aliphatic heterocycles. The van der Waals surface area contributed by atoms with Gasteiger partial charge in [-0.3, -0.25) is 0 Å². The van der Waals surface area contributed by atoms with Crippen LogP contribution in [0.2, 0.25) is 0 Å². The van der Waals surface area contributed by atoms with E-state index in [9.17, 15) is 8.42 Å². The lowest BCUT2D eigenvalue weighted by Gasteiger charge is -2.09. The van der Waals surface area contributed by atoms with Crippen molar-refractivity contribution in [2.75, 3.05) is 0 Å². The van der Waals surface area contributed by atoms with E-state index in [1.54, 1.807) is 17.8 Å². The molecule has 2 aromatic heterocycles. The first-order valence-electron chi connectivity index (χ1n) is 9.75. The average Bonchev–Trinajstić information content (AvgIpc) is 3.06. The van der Waals surface area contributed by atoms with Gasteiger partial charge >= 0.3 is 0 Å². The van der Waals surface area contributed by atoms with Crippen LogP contribution in [0.25, 0.3) is 22.1 Å². The molecular formula is C21H23N5O2S2. The van der Waals surface area contributed by atoms with Crippen LogP contribution in [0, 0.1) is 6.92 Å². The number of imidazole rings is 1. The number of thioether (sulfide) groups is 1. The molecule has 156 valence electrons. The Kier molecular flexibility index (Phi) is 5.77. The van der Waals surface area contributed by atoms with Crippen molar-refractivity contribution in [3.05, 3.63) is 53.9 Å². The zero-order valence-corrected chi connectivity index (χ0v) is 18.5. The second-order valence-electron chi connectivity index (χ2n) is 7.13. The molecule has 0 saturated heterocycles. The maximum Gasteiger partial charge on any atom is 0.238 e. The molecular weight excluding hydrogens is 418 g/mol. The van der Waals surface area contributed by atoms with Gasteiger partial charge in [0.1, 0.15) is 0 Å². The van der Waals surface area contributed by atoms with E-state index >= 15 is 0 Å². The van der Waals surface area contributed by atoms with Crippen molar-refractivity contribution in [2.24, 2.45) is 5.14 Å². The Balaban J connectivity index is 1.69. The van der Waals surface area contributed by atoms with Crippen molar-refractivity contribution in [3.63, 3.8) is 0 Å². The zero-order chi connectivity index (χ0) is 21.3. The van der Waals surface area contributed by atoms with E-state index in [-0.39, 0.29) is 4.90 Å². The summed E-state index contributed by atoms with van der Waals surface area (Å²) in [5.74, 6) is 0.626. The van der Waals surface area contributed by atoms with Crippen molar-refractivity contribution < 1.29 is 8.42 Å². The first-order chi connectivity index (χ1) is 14.4. The van der Waals surface area contributed by atoms with E-state index in [0.717, 1.165) is 52.5 Å². The number of nitrogens with two attached hydrogens (primary N) is 1. The SMILES string of the molecule is CCCCn1c(SCc2nc3ccccc3nc2C)nc2cc(S(N)(=O)=O)ccc21. The molecule has 0 aliphatic carbocycles. The van der Waals surface area contributed by atoms with Crippen LogP contribution >= 0.6 is 11.8 Å². The average molecular weight is 442 g/mol. The number of hydrogen-bond acceptors (Lipinski definition) is 6. The van der Waals surface area contributed by atoms with Gasteiger partial charge in [0, 0.05) is 12.3 Å². The maximum atomic E-state index is 11.7. The van der Waals surface area contributed by atoms with Gasteiger partial charge in [0.15, 0.2) is 5.16 Å². The number of rotatable bonds is 7. The van der Waals surface area contributed by atoms with Crippen LogP contribution in [0.1, 0.15) is 31.2 Å². The lowest BCUT2D eigenvalue weighted by Crippen LogP contribution is -2.11. The molecule has 0 amide bonds. The Bertz CT molecular complexity index is 1330. The van der Waals surface area contributed by atoms with Crippen molar-refractivity contribution in [2.45, 2.75) is 49.0 Å². The summed E-state index contributed by atoms with van der Waals surface area (Å²) in [6.07, 6.45) is 2.05. The minimum atomic E-state index is -3.77. The molecule has 0 spiro atoms. The van der Waals surface area contributed by atoms with E-state index in [1.807, 2.05) is 31.2 Å². The summed E-state index contributed by atoms with van der Waals surface area (Å²) in [4.78, 5) is 14.2. The van der Waals surface area contributed by atoms with Gasteiger partial charge < -0.3 is 4.57 Å². The summed E-state index contributed by atoms with van der Waals surface area (Å²) in [5.41, 5.74) is 5.10. The fraction of sp³-hybridized carbons (Fsp3) is 0.286. The lowest BCUT2D eigenvalue weighted by atomic mass is 10.2. The molecule has 2 heterocycles. The van der Waals surface area contributed by atoms with Crippen LogP contribution in [0.5, 0.6) is 0 Å². The topological polar surface area (TPSA) is 104 Å². The summed E-state index contributed by atoms with van der Waals surface area (Å²) in [7, 11) is -3.77. The van der Waals surface area contributed by atoms with Gasteiger partial charge in [-0.2, -0.15) is 0 Å². The molecule has 2 N–H and O–H groups in total. The number of para-hydroxylation sites is 2. The van der Waals surface area contributed by atoms with Gasteiger partial charge in [0.25, 0.3) is 0 Å². The fourth-order valence-electron chi connectivity index (χ4n) is 3.30. The highest BCUT2D eigenvalue weighted by atomic mass is 32.2. The monoisotopic (exact) mass is 441 g/mol. The van der Waals surface area contributed by atoms with E-state index < -0.39 is 10.0 Å². The van der Waals surface area contributed by atoms with Crippen LogP contribution in [-0.2, 0) is 22.3 Å². The number of benzene rings is 2. The minimum Gasteiger partial charge on any atom is -0.319 e. The lowest BCUT2D eigenvalue weighted by molar-refractivity contribution is 0.597.